The van der Waals surface area contributed by atoms with Crippen molar-refractivity contribution in [3.8, 4) is 11.5 Å². The summed E-state index contributed by atoms with van der Waals surface area (Å²) in [5.41, 5.74) is 1.17. The fourth-order valence-electron chi connectivity index (χ4n) is 1.46. The van der Waals surface area contributed by atoms with Crippen LogP contribution in [0.1, 0.15) is 15.9 Å². The minimum Gasteiger partial charge on any atom is -0.545 e. The molecule has 0 saturated heterocycles. The largest absolute Gasteiger partial charge is 1.00 e. The zero-order valence-electron chi connectivity index (χ0n) is 10.3. The van der Waals surface area contributed by atoms with Crippen LogP contribution < -0.4 is 39.4 Å². The van der Waals surface area contributed by atoms with Crippen LogP contribution in [-0.2, 0) is 0 Å². The van der Waals surface area contributed by atoms with Gasteiger partial charge in [0.1, 0.15) is 11.5 Å². The van der Waals surface area contributed by atoms with E-state index < -0.39 is 5.97 Å². The summed E-state index contributed by atoms with van der Waals surface area (Å²) in [7, 11) is 0. The molecular formula is C14H11NaO3. The van der Waals surface area contributed by atoms with Gasteiger partial charge in [-0.25, -0.2) is 0 Å². The summed E-state index contributed by atoms with van der Waals surface area (Å²) < 4.78 is 5.63. The molecule has 0 spiro atoms. The average molecular weight is 250 g/mol. The van der Waals surface area contributed by atoms with Gasteiger partial charge in [-0.05, 0) is 48.4 Å². The van der Waals surface area contributed by atoms with Crippen molar-refractivity contribution in [1.82, 2.24) is 0 Å². The van der Waals surface area contributed by atoms with Gasteiger partial charge < -0.3 is 14.6 Å². The molecule has 0 N–H and O–H groups in total. The molecule has 0 heterocycles. The molecule has 4 heteroatoms. The first kappa shape index (κ1) is 14.8. The van der Waals surface area contributed by atoms with Crippen LogP contribution in [0.4, 0.5) is 0 Å². The Labute approximate surface area is 128 Å². The number of hydrogen-bond donors (Lipinski definition) is 0. The molecule has 2 rings (SSSR count). The number of ether oxygens (including phenoxy) is 1. The van der Waals surface area contributed by atoms with Crippen molar-refractivity contribution in [1.29, 1.82) is 0 Å². The Morgan fingerprint density at radius 2 is 1.67 bits per heavy atom. The summed E-state index contributed by atoms with van der Waals surface area (Å²) in [6.07, 6.45) is 0. The van der Waals surface area contributed by atoms with Gasteiger partial charge in [-0.15, -0.1) is 0 Å². The molecule has 0 aliphatic carbocycles. The minimum atomic E-state index is -1.19. The number of para-hydroxylation sites is 1. The quantitative estimate of drug-likeness (QED) is 0.667. The normalized spacial score (nSPS) is 9.39. The Kier molecular flexibility index (Phi) is 5.41. The van der Waals surface area contributed by atoms with Crippen molar-refractivity contribution in [2.75, 3.05) is 0 Å². The van der Waals surface area contributed by atoms with Gasteiger partial charge in [-0.3, -0.25) is 0 Å². The fourth-order valence-corrected chi connectivity index (χ4v) is 1.46. The Balaban J connectivity index is 0.00000162. The van der Waals surface area contributed by atoms with E-state index in [0.29, 0.717) is 5.75 Å². The number of benzene rings is 2. The zero-order chi connectivity index (χ0) is 12.3. The molecule has 0 amide bonds. The maximum Gasteiger partial charge on any atom is 1.00 e. The molecule has 2 aromatic rings. The molecule has 0 aliphatic heterocycles. The first-order valence-corrected chi connectivity index (χ1v) is 5.22. The number of hydrogen-bond acceptors (Lipinski definition) is 3. The molecule has 0 aliphatic rings. The summed E-state index contributed by atoms with van der Waals surface area (Å²) >= 11 is 0. The minimum absolute atomic E-state index is 0. The van der Waals surface area contributed by atoms with Crippen molar-refractivity contribution < 1.29 is 44.2 Å². The zero-order valence-corrected chi connectivity index (χ0v) is 12.3. The van der Waals surface area contributed by atoms with Crippen molar-refractivity contribution in [2.24, 2.45) is 0 Å². The van der Waals surface area contributed by atoms with E-state index in [4.69, 9.17) is 4.74 Å². The van der Waals surface area contributed by atoms with Gasteiger partial charge in [0.25, 0.3) is 0 Å². The summed E-state index contributed by atoms with van der Waals surface area (Å²) in [5, 5.41) is 10.6. The maximum atomic E-state index is 10.6. The maximum absolute atomic E-state index is 10.6. The van der Waals surface area contributed by atoms with Gasteiger partial charge in [-0.1, -0.05) is 18.2 Å². The number of carboxylic acid groups (broad SMARTS) is 1. The van der Waals surface area contributed by atoms with E-state index in [2.05, 4.69) is 0 Å². The molecule has 0 bridgehead atoms. The molecule has 0 aromatic heterocycles. The summed E-state index contributed by atoms with van der Waals surface area (Å²) in [6.45, 7) is 1.95. The number of carbonyl (C=O) groups excluding carboxylic acids is 1. The molecule has 3 nitrogen and oxygen atoms in total. The average Bonchev–Trinajstić information content (AvgIpc) is 2.33. The Morgan fingerprint density at radius 3 is 2.22 bits per heavy atom. The van der Waals surface area contributed by atoms with Crippen LogP contribution in [0.2, 0.25) is 0 Å². The number of aromatic carboxylic acids is 1. The van der Waals surface area contributed by atoms with E-state index in [0.717, 1.165) is 11.3 Å². The van der Waals surface area contributed by atoms with Gasteiger partial charge in [0.05, 0.1) is 5.97 Å². The molecule has 0 radical (unpaired) electrons. The van der Waals surface area contributed by atoms with Crippen LogP contribution in [0.5, 0.6) is 11.5 Å². The SMILES string of the molecule is Cc1ccccc1Oc1ccc(C(=O)[O-])cc1.[Na+]. The van der Waals surface area contributed by atoms with Gasteiger partial charge in [0.2, 0.25) is 0 Å². The Bertz CT molecular complexity index is 535. The van der Waals surface area contributed by atoms with Crippen LogP contribution in [-0.4, -0.2) is 5.97 Å². The van der Waals surface area contributed by atoms with E-state index in [1.54, 1.807) is 12.1 Å². The van der Waals surface area contributed by atoms with Crippen LogP contribution >= 0.6 is 0 Å². The smallest absolute Gasteiger partial charge is 0.545 e. The monoisotopic (exact) mass is 250 g/mol. The predicted molar refractivity (Wildman–Crippen MR) is 62.0 cm³/mol. The van der Waals surface area contributed by atoms with Crippen molar-refractivity contribution in [3.05, 3.63) is 59.7 Å². The second-order valence-corrected chi connectivity index (χ2v) is 3.68. The Hall–Kier alpha value is -1.29. The molecule has 0 atom stereocenters. The molecule has 0 saturated carbocycles. The predicted octanol–water partition coefficient (Wildman–Crippen LogP) is -0.845. The number of carbonyl (C=O) groups is 1. The van der Waals surface area contributed by atoms with Gasteiger partial charge in [0.15, 0.2) is 0 Å². The third-order valence-electron chi connectivity index (χ3n) is 2.41. The van der Waals surface area contributed by atoms with Crippen LogP contribution in [0, 0.1) is 6.92 Å². The molecule has 86 valence electrons. The standard InChI is InChI=1S/C14H12O3.Na/c1-10-4-2-3-5-13(10)17-12-8-6-11(7-9-12)14(15)16;/h2-9H,1H3,(H,15,16);/q;+1/p-1. The topological polar surface area (TPSA) is 49.4 Å². The number of carboxylic acids is 1. The van der Waals surface area contributed by atoms with Crippen molar-refractivity contribution in [3.63, 3.8) is 0 Å². The number of aryl methyl sites for hydroxylation is 1. The van der Waals surface area contributed by atoms with Gasteiger partial charge >= 0.3 is 29.6 Å². The van der Waals surface area contributed by atoms with Crippen LogP contribution in [0.25, 0.3) is 0 Å². The third-order valence-corrected chi connectivity index (χ3v) is 2.41. The van der Waals surface area contributed by atoms with Gasteiger partial charge in [-0.2, -0.15) is 0 Å². The fraction of sp³-hybridized carbons (Fsp3) is 0.0714. The van der Waals surface area contributed by atoms with Crippen LogP contribution in [0.15, 0.2) is 48.5 Å². The summed E-state index contributed by atoms with van der Waals surface area (Å²) in [4.78, 5) is 10.6. The van der Waals surface area contributed by atoms with E-state index in [9.17, 15) is 9.90 Å². The molecule has 18 heavy (non-hydrogen) atoms. The van der Waals surface area contributed by atoms with E-state index in [1.165, 1.54) is 12.1 Å². The Morgan fingerprint density at radius 1 is 1.06 bits per heavy atom. The van der Waals surface area contributed by atoms with E-state index >= 15 is 0 Å². The molecule has 0 fully saturated rings. The van der Waals surface area contributed by atoms with Gasteiger partial charge in [0, 0.05) is 0 Å². The second kappa shape index (κ2) is 6.59. The first-order chi connectivity index (χ1) is 8.16. The number of rotatable bonds is 3. The summed E-state index contributed by atoms with van der Waals surface area (Å²) in [5.74, 6) is 0.172. The second-order valence-electron chi connectivity index (χ2n) is 3.68. The van der Waals surface area contributed by atoms with E-state index in [1.807, 2.05) is 31.2 Å². The third kappa shape index (κ3) is 3.60. The summed E-state index contributed by atoms with van der Waals surface area (Å²) in [6, 6.07) is 13.8. The molecule has 2 aromatic carbocycles. The van der Waals surface area contributed by atoms with E-state index in [-0.39, 0.29) is 35.1 Å². The van der Waals surface area contributed by atoms with Crippen LogP contribution in [0.3, 0.4) is 0 Å². The molecule has 0 unspecified atom stereocenters. The van der Waals surface area contributed by atoms with Crippen molar-refractivity contribution in [2.45, 2.75) is 6.92 Å². The molecular weight excluding hydrogens is 239 g/mol. The first-order valence-electron chi connectivity index (χ1n) is 5.22. The van der Waals surface area contributed by atoms with Crippen molar-refractivity contribution >= 4 is 5.97 Å².